The van der Waals surface area contributed by atoms with Gasteiger partial charge in [0.1, 0.15) is 6.10 Å². The van der Waals surface area contributed by atoms with Crippen molar-refractivity contribution in [2.45, 2.75) is 18.9 Å². The van der Waals surface area contributed by atoms with Crippen LogP contribution in [-0.2, 0) is 4.74 Å². The van der Waals surface area contributed by atoms with Crippen molar-refractivity contribution in [2.75, 3.05) is 20.1 Å². The first-order valence-electron chi connectivity index (χ1n) is 6.80. The van der Waals surface area contributed by atoms with E-state index in [9.17, 15) is 14.9 Å². The van der Waals surface area contributed by atoms with E-state index in [1.807, 2.05) is 7.05 Å². The zero-order valence-corrected chi connectivity index (χ0v) is 11.8. The van der Waals surface area contributed by atoms with Gasteiger partial charge in [0.2, 0.25) is 0 Å². The van der Waals surface area contributed by atoms with Crippen molar-refractivity contribution in [2.24, 2.45) is 5.92 Å². The van der Waals surface area contributed by atoms with Crippen LogP contribution >= 0.6 is 0 Å². The predicted molar refractivity (Wildman–Crippen MR) is 75.2 cm³/mol. The third-order valence-electron chi connectivity index (χ3n) is 3.85. The van der Waals surface area contributed by atoms with E-state index in [-0.39, 0.29) is 11.6 Å². The van der Waals surface area contributed by atoms with Gasteiger partial charge in [-0.2, -0.15) is 0 Å². The Balaban J connectivity index is 2.18. The average Bonchev–Trinajstić information content (AvgIpc) is 2.46. The van der Waals surface area contributed by atoms with Crippen molar-refractivity contribution >= 4 is 11.8 Å². The fraction of sp³-hybridized carbons (Fsp3) is 0.500. The molecule has 1 saturated heterocycles. The summed E-state index contributed by atoms with van der Waals surface area (Å²) in [6, 6.07) is 5.90. The zero-order chi connectivity index (χ0) is 15.4. The monoisotopic (exact) mass is 294 g/mol. The first-order valence-corrected chi connectivity index (χ1v) is 6.80. The molecule has 0 radical (unpaired) electrons. The molecule has 2 rings (SSSR count). The first kappa shape index (κ1) is 15.2. The van der Waals surface area contributed by atoms with Gasteiger partial charge in [-0.05, 0) is 50.7 Å². The summed E-state index contributed by atoms with van der Waals surface area (Å²) in [5.74, 6) is 0.0961. The minimum absolute atomic E-state index is 0.0174. The molecule has 1 unspecified atom stereocenters. The molecule has 0 aliphatic carbocycles. The van der Waals surface area contributed by atoms with Gasteiger partial charge in [0.05, 0.1) is 4.92 Å². The Bertz CT molecular complexity index is 509. The molecular formula is C14H18N2O5. The van der Waals surface area contributed by atoms with E-state index in [4.69, 9.17) is 9.84 Å². The number of nitrogens with zero attached hydrogens (tertiary/aromatic N) is 2. The number of nitro groups is 1. The topological polar surface area (TPSA) is 92.9 Å². The lowest BCUT2D eigenvalue weighted by Crippen LogP contribution is -2.33. The molecule has 0 spiro atoms. The molecule has 0 aromatic heterocycles. The number of likely N-dealkylation sites (tertiary alicyclic amines) is 1. The number of non-ortho nitro benzene ring substituents is 1. The number of rotatable bonds is 4. The highest BCUT2D eigenvalue weighted by molar-refractivity contribution is 5.57. The Morgan fingerprint density at radius 1 is 1.38 bits per heavy atom. The molecule has 1 aromatic rings. The van der Waals surface area contributed by atoms with Crippen LogP contribution in [-0.4, -0.2) is 41.2 Å². The van der Waals surface area contributed by atoms with E-state index in [1.54, 1.807) is 12.1 Å². The van der Waals surface area contributed by atoms with Crippen LogP contribution in [0.1, 0.15) is 24.5 Å². The highest BCUT2D eigenvalue weighted by Gasteiger charge is 2.30. The molecular weight excluding hydrogens is 276 g/mol. The normalized spacial score (nSPS) is 18.1. The van der Waals surface area contributed by atoms with Gasteiger partial charge < -0.3 is 14.7 Å². The second kappa shape index (κ2) is 6.53. The van der Waals surface area contributed by atoms with Crippen LogP contribution in [0, 0.1) is 16.0 Å². The van der Waals surface area contributed by atoms with E-state index < -0.39 is 17.2 Å². The van der Waals surface area contributed by atoms with Gasteiger partial charge in [-0.25, -0.2) is 4.79 Å². The summed E-state index contributed by atoms with van der Waals surface area (Å²) >= 11 is 0. The molecule has 114 valence electrons. The summed E-state index contributed by atoms with van der Waals surface area (Å²) in [5.41, 5.74) is 0.647. The van der Waals surface area contributed by atoms with Crippen molar-refractivity contribution in [3.05, 3.63) is 39.9 Å². The van der Waals surface area contributed by atoms with Crippen LogP contribution in [0.3, 0.4) is 0 Å². The van der Waals surface area contributed by atoms with Crippen LogP contribution in [0.5, 0.6) is 0 Å². The van der Waals surface area contributed by atoms with E-state index in [0.717, 1.165) is 25.9 Å². The van der Waals surface area contributed by atoms with Crippen molar-refractivity contribution in [3.63, 3.8) is 0 Å². The summed E-state index contributed by atoms with van der Waals surface area (Å²) in [4.78, 5) is 23.3. The van der Waals surface area contributed by atoms with Crippen molar-refractivity contribution in [3.8, 4) is 0 Å². The maximum absolute atomic E-state index is 10.9. The third-order valence-corrected chi connectivity index (χ3v) is 3.85. The zero-order valence-electron chi connectivity index (χ0n) is 11.8. The third kappa shape index (κ3) is 3.91. The summed E-state index contributed by atoms with van der Waals surface area (Å²) in [7, 11) is 2.02. The van der Waals surface area contributed by atoms with Gasteiger partial charge in [0.15, 0.2) is 0 Å². The molecule has 1 aliphatic rings. The molecule has 1 aromatic carbocycles. The molecule has 0 saturated carbocycles. The fourth-order valence-corrected chi connectivity index (χ4v) is 2.66. The summed E-state index contributed by atoms with van der Waals surface area (Å²) in [6.07, 6.45) is -0.217. The van der Waals surface area contributed by atoms with Crippen molar-refractivity contribution in [1.29, 1.82) is 0 Å². The van der Waals surface area contributed by atoms with Crippen LogP contribution < -0.4 is 0 Å². The quantitative estimate of drug-likeness (QED) is 0.521. The highest BCUT2D eigenvalue weighted by atomic mass is 16.7. The number of benzene rings is 1. The van der Waals surface area contributed by atoms with E-state index >= 15 is 0 Å². The second-order valence-electron chi connectivity index (χ2n) is 5.29. The van der Waals surface area contributed by atoms with Crippen LogP contribution in [0.2, 0.25) is 0 Å². The molecule has 1 heterocycles. The van der Waals surface area contributed by atoms with Crippen LogP contribution in [0.15, 0.2) is 24.3 Å². The van der Waals surface area contributed by atoms with Crippen molar-refractivity contribution in [1.82, 2.24) is 4.90 Å². The Labute approximate surface area is 122 Å². The second-order valence-corrected chi connectivity index (χ2v) is 5.29. The number of hydrogen-bond donors (Lipinski definition) is 1. The molecule has 21 heavy (non-hydrogen) atoms. The molecule has 1 aliphatic heterocycles. The van der Waals surface area contributed by atoms with E-state index in [1.165, 1.54) is 12.1 Å². The lowest BCUT2D eigenvalue weighted by molar-refractivity contribution is -0.384. The lowest BCUT2D eigenvalue weighted by atomic mass is 9.87. The summed E-state index contributed by atoms with van der Waals surface area (Å²) in [6.45, 7) is 1.77. The maximum atomic E-state index is 10.9. The van der Waals surface area contributed by atoms with E-state index in [2.05, 4.69) is 4.90 Å². The number of piperidine rings is 1. The standard InChI is InChI=1S/C14H18N2O5/c1-15-8-6-11(7-9-15)13(21-14(17)18)10-2-4-12(5-3-10)16(19)20/h2-5,11,13H,6-9H2,1H3,(H,17,18). The minimum Gasteiger partial charge on any atom is -0.450 e. The Morgan fingerprint density at radius 3 is 2.43 bits per heavy atom. The summed E-state index contributed by atoms with van der Waals surface area (Å²) in [5, 5.41) is 19.6. The lowest BCUT2D eigenvalue weighted by Gasteiger charge is -2.33. The van der Waals surface area contributed by atoms with Gasteiger partial charge in [-0.1, -0.05) is 0 Å². The van der Waals surface area contributed by atoms with Crippen LogP contribution in [0.4, 0.5) is 10.5 Å². The molecule has 1 atom stereocenters. The number of nitro benzene ring substituents is 1. The Hall–Kier alpha value is -2.15. The average molecular weight is 294 g/mol. The fourth-order valence-electron chi connectivity index (χ4n) is 2.66. The van der Waals surface area contributed by atoms with Gasteiger partial charge in [-0.15, -0.1) is 0 Å². The SMILES string of the molecule is CN1CCC(C(OC(=O)O)c2ccc([N+](=O)[O-])cc2)CC1. The molecule has 7 heteroatoms. The van der Waals surface area contributed by atoms with E-state index in [0.29, 0.717) is 5.56 Å². The Kier molecular flexibility index (Phi) is 4.74. The molecule has 1 fully saturated rings. The van der Waals surface area contributed by atoms with Gasteiger partial charge >= 0.3 is 6.16 Å². The smallest absolute Gasteiger partial charge is 0.450 e. The predicted octanol–water partition coefficient (Wildman–Crippen LogP) is 2.67. The summed E-state index contributed by atoms with van der Waals surface area (Å²) < 4.78 is 5.04. The number of ether oxygens (including phenoxy) is 1. The van der Waals surface area contributed by atoms with Gasteiger partial charge in [-0.3, -0.25) is 10.1 Å². The molecule has 1 N–H and O–H groups in total. The van der Waals surface area contributed by atoms with Gasteiger partial charge in [0.25, 0.3) is 5.69 Å². The van der Waals surface area contributed by atoms with Crippen molar-refractivity contribution < 1.29 is 19.6 Å². The van der Waals surface area contributed by atoms with Gasteiger partial charge in [0, 0.05) is 18.1 Å². The largest absolute Gasteiger partial charge is 0.506 e. The number of hydrogen-bond acceptors (Lipinski definition) is 5. The number of carboxylic acid groups (broad SMARTS) is 1. The maximum Gasteiger partial charge on any atom is 0.506 e. The Morgan fingerprint density at radius 2 is 1.95 bits per heavy atom. The minimum atomic E-state index is -1.32. The molecule has 0 bridgehead atoms. The number of carbonyl (C=O) groups is 1. The molecule has 0 amide bonds. The highest BCUT2D eigenvalue weighted by Crippen LogP contribution is 2.34. The first-order chi connectivity index (χ1) is 9.97. The molecule has 7 nitrogen and oxygen atoms in total. The van der Waals surface area contributed by atoms with Crippen LogP contribution in [0.25, 0.3) is 0 Å².